The van der Waals surface area contributed by atoms with Crippen molar-refractivity contribution in [2.45, 2.75) is 168 Å². The molecule has 2 rings (SSSR count). The van der Waals surface area contributed by atoms with Crippen molar-refractivity contribution in [2.75, 3.05) is 53.5 Å². The average Bonchev–Trinajstić information content (AvgIpc) is 3.10. The van der Waals surface area contributed by atoms with Crippen molar-refractivity contribution >= 4 is 0 Å². The minimum atomic E-state index is -0.564. The van der Waals surface area contributed by atoms with E-state index in [-0.39, 0.29) is 13.2 Å². The Kier molecular flexibility index (Phi) is 25.6. The van der Waals surface area contributed by atoms with Crippen molar-refractivity contribution in [3.05, 3.63) is 71.8 Å². The van der Waals surface area contributed by atoms with Crippen LogP contribution >= 0.6 is 0 Å². The summed E-state index contributed by atoms with van der Waals surface area (Å²) in [6.07, 6.45) is 25.5. The van der Waals surface area contributed by atoms with Gasteiger partial charge in [0.15, 0.2) is 0 Å². The number of aliphatic hydroxyl groups excluding tert-OH is 2. The fourth-order valence-corrected chi connectivity index (χ4v) is 7.94. The summed E-state index contributed by atoms with van der Waals surface area (Å²) in [4.78, 5) is 0. The van der Waals surface area contributed by atoms with Gasteiger partial charge < -0.3 is 23.9 Å². The Morgan fingerprint density at radius 2 is 0.745 bits per heavy atom. The van der Waals surface area contributed by atoms with Crippen molar-refractivity contribution < 1.29 is 23.9 Å². The molecule has 4 unspecified atom stereocenters. The first-order chi connectivity index (χ1) is 24.8. The molecule has 0 aliphatic heterocycles. The summed E-state index contributed by atoms with van der Waals surface area (Å²) in [5.74, 6) is 0. The number of hydrogen-bond acceptors (Lipinski definition) is 3. The second-order valence-electron chi connectivity index (χ2n) is 16.5. The first-order valence-electron chi connectivity index (χ1n) is 21.5. The van der Waals surface area contributed by atoms with Gasteiger partial charge in [0.05, 0.1) is 40.4 Å². The van der Waals surface area contributed by atoms with Crippen LogP contribution in [0.2, 0.25) is 0 Å². The molecule has 2 aromatic carbocycles. The third kappa shape index (κ3) is 23.5. The highest BCUT2D eigenvalue weighted by Gasteiger charge is 2.28. The monoisotopic (exact) mass is 711 g/mol. The Morgan fingerprint density at radius 1 is 0.451 bits per heavy atom. The van der Waals surface area contributed by atoms with Gasteiger partial charge in [-0.25, -0.2) is 0 Å². The van der Waals surface area contributed by atoms with Crippen LogP contribution in [0.4, 0.5) is 0 Å². The average molecular weight is 711 g/mol. The zero-order valence-corrected chi connectivity index (χ0v) is 33.9. The number of nitrogens with zero attached hydrogens (tertiary/aromatic N) is 2. The molecule has 0 aromatic heterocycles. The Hall–Kier alpha value is -1.76. The number of unbranched alkanes of at least 4 members (excludes halogenated alkanes) is 18. The molecule has 0 spiro atoms. The van der Waals surface area contributed by atoms with E-state index in [1.165, 1.54) is 140 Å². The van der Waals surface area contributed by atoms with Crippen molar-refractivity contribution in [3.8, 4) is 0 Å². The molecule has 0 aliphatic rings. The highest BCUT2D eigenvalue weighted by molar-refractivity contribution is 5.14. The topological polar surface area (TPSA) is 49.7 Å². The summed E-state index contributed by atoms with van der Waals surface area (Å²) in [5, 5.41) is 22.4. The zero-order valence-electron chi connectivity index (χ0n) is 33.9. The maximum Gasteiger partial charge on any atom is 0.126 e. The van der Waals surface area contributed by atoms with Gasteiger partial charge in [0.25, 0.3) is 0 Å². The Labute approximate surface area is 316 Å². The van der Waals surface area contributed by atoms with E-state index in [4.69, 9.17) is 4.74 Å². The predicted molar refractivity (Wildman–Crippen MR) is 219 cm³/mol. The smallest absolute Gasteiger partial charge is 0.126 e. The number of rotatable bonds is 34. The lowest BCUT2D eigenvalue weighted by Gasteiger charge is -2.37. The third-order valence-electron chi connectivity index (χ3n) is 10.8. The summed E-state index contributed by atoms with van der Waals surface area (Å²) in [6.45, 7) is 10.3. The Bertz CT molecular complexity index is 969. The largest absolute Gasteiger partial charge is 0.385 e. The molecule has 0 amide bonds. The molecule has 5 nitrogen and oxygen atoms in total. The zero-order chi connectivity index (χ0) is 36.9. The first-order valence-corrected chi connectivity index (χ1v) is 21.5. The fourth-order valence-electron chi connectivity index (χ4n) is 7.94. The van der Waals surface area contributed by atoms with Crippen molar-refractivity contribution in [2.24, 2.45) is 0 Å². The van der Waals surface area contributed by atoms with Gasteiger partial charge in [0, 0.05) is 11.1 Å². The number of quaternary nitrogens is 2. The van der Waals surface area contributed by atoms with E-state index in [0.717, 1.165) is 35.1 Å². The SMILES string of the molecule is CCCCCCCCCCCC[N+](C)(Cc1ccccc1)CC(O)COCC(O)C[N+](C)(CCCCCCCCCCCC)Cc1ccccc1. The third-order valence-corrected chi connectivity index (χ3v) is 10.8. The van der Waals surface area contributed by atoms with Crippen LogP contribution in [-0.2, 0) is 17.8 Å². The molecule has 0 heterocycles. The van der Waals surface area contributed by atoms with E-state index in [1.807, 2.05) is 0 Å². The van der Waals surface area contributed by atoms with E-state index in [2.05, 4.69) is 88.6 Å². The van der Waals surface area contributed by atoms with Crippen LogP contribution in [0.1, 0.15) is 153 Å². The second-order valence-corrected chi connectivity index (χ2v) is 16.5. The molecule has 292 valence electrons. The molecule has 0 aliphatic carbocycles. The van der Waals surface area contributed by atoms with E-state index >= 15 is 0 Å². The Balaban J connectivity index is 1.80. The van der Waals surface area contributed by atoms with Crippen LogP contribution in [0.5, 0.6) is 0 Å². The molecule has 0 bridgehead atoms. The lowest BCUT2D eigenvalue weighted by Crippen LogP contribution is -2.51. The highest BCUT2D eigenvalue weighted by atomic mass is 16.5. The normalized spacial score (nSPS) is 15.3. The minimum Gasteiger partial charge on any atom is -0.385 e. The summed E-state index contributed by atoms with van der Waals surface area (Å²) in [5.41, 5.74) is 2.63. The van der Waals surface area contributed by atoms with Crippen LogP contribution in [-0.4, -0.2) is 84.9 Å². The van der Waals surface area contributed by atoms with Gasteiger partial charge in [0.1, 0.15) is 38.4 Å². The van der Waals surface area contributed by atoms with Gasteiger partial charge in [-0.1, -0.05) is 177 Å². The fraction of sp³-hybridized carbons (Fsp3) is 0.739. The van der Waals surface area contributed by atoms with Crippen LogP contribution in [0.3, 0.4) is 0 Å². The number of likely N-dealkylation sites (N-methyl/N-ethyl adjacent to an activating group) is 2. The van der Waals surface area contributed by atoms with Crippen molar-refractivity contribution in [3.63, 3.8) is 0 Å². The van der Waals surface area contributed by atoms with Gasteiger partial charge in [-0.15, -0.1) is 0 Å². The van der Waals surface area contributed by atoms with Crippen LogP contribution in [0, 0.1) is 0 Å². The molecular formula is C46H82N2O3+2. The maximum atomic E-state index is 11.2. The molecule has 2 aromatic rings. The Morgan fingerprint density at radius 3 is 1.06 bits per heavy atom. The van der Waals surface area contributed by atoms with Crippen LogP contribution in [0.25, 0.3) is 0 Å². The number of ether oxygens (including phenoxy) is 1. The molecule has 0 saturated heterocycles. The van der Waals surface area contributed by atoms with Crippen LogP contribution in [0.15, 0.2) is 60.7 Å². The van der Waals surface area contributed by atoms with Gasteiger partial charge >= 0.3 is 0 Å². The molecule has 4 atom stereocenters. The molecule has 51 heavy (non-hydrogen) atoms. The molecule has 2 N–H and O–H groups in total. The van der Waals surface area contributed by atoms with Crippen LogP contribution < -0.4 is 0 Å². The highest BCUT2D eigenvalue weighted by Crippen LogP contribution is 2.19. The van der Waals surface area contributed by atoms with Crippen molar-refractivity contribution in [1.82, 2.24) is 0 Å². The minimum absolute atomic E-state index is 0.262. The molecule has 0 fully saturated rings. The van der Waals surface area contributed by atoms with E-state index < -0.39 is 12.2 Å². The summed E-state index contributed by atoms with van der Waals surface area (Å²) < 4.78 is 7.65. The van der Waals surface area contributed by atoms with Crippen molar-refractivity contribution in [1.29, 1.82) is 0 Å². The summed E-state index contributed by atoms with van der Waals surface area (Å²) >= 11 is 0. The summed E-state index contributed by atoms with van der Waals surface area (Å²) in [7, 11) is 4.58. The molecule has 0 radical (unpaired) electrons. The lowest BCUT2D eigenvalue weighted by atomic mass is 10.1. The van der Waals surface area contributed by atoms with Gasteiger partial charge in [-0.05, 0) is 25.7 Å². The quantitative estimate of drug-likeness (QED) is 0.0561. The number of aliphatic hydroxyl groups is 2. The second kappa shape index (κ2) is 28.7. The predicted octanol–water partition coefficient (Wildman–Crippen LogP) is 10.9. The molecular weight excluding hydrogens is 629 g/mol. The van der Waals surface area contributed by atoms with E-state index in [9.17, 15) is 10.2 Å². The standard InChI is InChI=1S/C46H82N2O3/c1-5-7-9-11-13-15-17-19-21-29-35-47(3,37-43-31-25-23-26-32-43)39-45(49)41-51-42-46(50)40-48(4,38-44-33-27-24-28-34-44)36-30-22-20-18-16-14-12-10-8-6-2/h23-28,31-34,45-46,49-50H,5-22,29-30,35-42H2,1-4H3/q+2. The van der Waals surface area contributed by atoms with E-state index in [0.29, 0.717) is 13.1 Å². The molecule has 0 saturated carbocycles. The lowest BCUT2D eigenvalue weighted by molar-refractivity contribution is -0.926. The summed E-state index contributed by atoms with van der Waals surface area (Å²) in [6, 6.07) is 21.4. The van der Waals surface area contributed by atoms with E-state index in [1.54, 1.807) is 0 Å². The number of hydrogen-bond donors (Lipinski definition) is 2. The first kappa shape index (κ1) is 45.4. The van der Waals surface area contributed by atoms with Gasteiger partial charge in [-0.3, -0.25) is 0 Å². The number of benzene rings is 2. The molecule has 5 heteroatoms. The maximum absolute atomic E-state index is 11.2. The van der Waals surface area contributed by atoms with Gasteiger partial charge in [-0.2, -0.15) is 0 Å². The van der Waals surface area contributed by atoms with Gasteiger partial charge in [0.2, 0.25) is 0 Å².